The first-order valence-electron chi connectivity index (χ1n) is 9.57. The van der Waals surface area contributed by atoms with Crippen LogP contribution in [-0.2, 0) is 13.1 Å². The highest BCUT2D eigenvalue weighted by Gasteiger charge is 2.29. The minimum atomic E-state index is -4.36. The molecule has 0 atom stereocenters. The number of rotatable bonds is 5. The molecule has 0 aliphatic carbocycles. The second-order valence-electron chi connectivity index (χ2n) is 8.00. The van der Waals surface area contributed by atoms with E-state index in [1.807, 2.05) is 34.9 Å². The van der Waals surface area contributed by atoms with Crippen molar-refractivity contribution < 1.29 is 13.2 Å². The predicted octanol–water partition coefficient (Wildman–Crippen LogP) is 5.07. The summed E-state index contributed by atoms with van der Waals surface area (Å²) in [6, 6.07) is 11.6. The van der Waals surface area contributed by atoms with Gasteiger partial charge in [0, 0.05) is 41.6 Å². The lowest BCUT2D eigenvalue weighted by Crippen LogP contribution is -2.18. The van der Waals surface area contributed by atoms with Crippen LogP contribution < -0.4 is 0 Å². The number of halogens is 3. The molecule has 4 aromatic rings. The quantitative estimate of drug-likeness (QED) is 0.448. The molecular weight excluding hydrogens is 405 g/mol. The first-order valence-corrected chi connectivity index (χ1v) is 9.57. The van der Waals surface area contributed by atoms with Crippen LogP contribution in [0.4, 0.5) is 13.2 Å². The molecule has 0 N–H and O–H groups in total. The number of aromatic nitrogens is 5. The lowest BCUT2D eigenvalue weighted by atomic mass is 9.95. The summed E-state index contributed by atoms with van der Waals surface area (Å²) in [4.78, 5) is 8.94. The first-order chi connectivity index (χ1) is 14.6. The third-order valence-corrected chi connectivity index (χ3v) is 4.82. The number of pyridine rings is 2. The Kier molecular flexibility index (Phi) is 5.01. The zero-order chi connectivity index (χ0) is 22.2. The highest BCUT2D eigenvalue weighted by atomic mass is 19.4. The van der Waals surface area contributed by atoms with Gasteiger partial charge in [-0.1, -0.05) is 6.07 Å². The Morgan fingerprint density at radius 2 is 1.84 bits per heavy atom. The van der Waals surface area contributed by atoms with Crippen molar-refractivity contribution in [2.45, 2.75) is 33.1 Å². The van der Waals surface area contributed by atoms with Gasteiger partial charge in [0.25, 0.3) is 0 Å². The molecule has 0 spiro atoms. The topological polar surface area (TPSA) is 72.3 Å². The summed E-state index contributed by atoms with van der Waals surface area (Å²) in [6.07, 6.45) is 1.79. The Morgan fingerprint density at radius 3 is 2.52 bits per heavy atom. The third-order valence-electron chi connectivity index (χ3n) is 4.82. The highest BCUT2D eigenvalue weighted by Crippen LogP contribution is 2.32. The van der Waals surface area contributed by atoms with Gasteiger partial charge in [0.15, 0.2) is 0 Å². The zero-order valence-electron chi connectivity index (χ0n) is 16.9. The number of hydrogen-bond donors (Lipinski definition) is 0. The van der Waals surface area contributed by atoms with Gasteiger partial charge in [-0.05, 0) is 38.1 Å². The van der Waals surface area contributed by atoms with Crippen LogP contribution in [0.3, 0.4) is 0 Å². The van der Waals surface area contributed by atoms with Crippen molar-refractivity contribution >= 4 is 11.0 Å². The van der Waals surface area contributed by atoms with Gasteiger partial charge in [-0.15, -0.1) is 0 Å². The largest absolute Gasteiger partial charge is 0.408 e. The fraction of sp³-hybridized carbons (Fsp3) is 0.273. The van der Waals surface area contributed by atoms with Gasteiger partial charge >= 0.3 is 6.18 Å². The maximum Gasteiger partial charge on any atom is 0.408 e. The summed E-state index contributed by atoms with van der Waals surface area (Å²) in [6.45, 7) is 2.76. The Hall–Kier alpha value is -3.67. The van der Waals surface area contributed by atoms with Gasteiger partial charge in [0.05, 0.1) is 29.1 Å². The molecule has 0 aliphatic rings. The van der Waals surface area contributed by atoms with E-state index in [-0.39, 0.29) is 0 Å². The number of nitriles is 1. The lowest BCUT2D eigenvalue weighted by Gasteiger charge is -2.19. The van der Waals surface area contributed by atoms with Crippen LogP contribution in [0, 0.1) is 16.7 Å². The van der Waals surface area contributed by atoms with E-state index in [2.05, 4.69) is 21.1 Å². The van der Waals surface area contributed by atoms with E-state index >= 15 is 0 Å². The first kappa shape index (κ1) is 20.6. The van der Waals surface area contributed by atoms with Crippen LogP contribution >= 0.6 is 0 Å². The molecule has 0 unspecified atom stereocenters. The van der Waals surface area contributed by atoms with Crippen molar-refractivity contribution in [3.8, 4) is 28.6 Å². The van der Waals surface area contributed by atoms with Crippen LogP contribution in [-0.4, -0.2) is 30.5 Å². The van der Waals surface area contributed by atoms with Crippen LogP contribution in [0.25, 0.3) is 33.5 Å². The van der Waals surface area contributed by atoms with E-state index in [0.29, 0.717) is 23.4 Å². The summed E-state index contributed by atoms with van der Waals surface area (Å²) < 4.78 is 41.0. The van der Waals surface area contributed by atoms with Crippen LogP contribution in [0.5, 0.6) is 0 Å². The highest BCUT2D eigenvalue weighted by molar-refractivity contribution is 5.87. The van der Waals surface area contributed by atoms with Gasteiger partial charge in [0.1, 0.15) is 12.2 Å². The molecule has 0 saturated carbocycles. The Morgan fingerprint density at radius 1 is 1.03 bits per heavy atom. The van der Waals surface area contributed by atoms with Crippen LogP contribution in [0.15, 0.2) is 55.1 Å². The lowest BCUT2D eigenvalue weighted by molar-refractivity contribution is -0.142. The fourth-order valence-electron chi connectivity index (χ4n) is 3.42. The van der Waals surface area contributed by atoms with Crippen molar-refractivity contribution in [1.82, 2.24) is 24.3 Å². The molecule has 6 nitrogen and oxygen atoms in total. The van der Waals surface area contributed by atoms with Gasteiger partial charge in [-0.3, -0.25) is 9.67 Å². The third kappa shape index (κ3) is 4.43. The molecule has 0 bridgehead atoms. The molecular formula is C22H19F3N6. The predicted molar refractivity (Wildman–Crippen MR) is 110 cm³/mol. The normalized spacial score (nSPS) is 12.3. The number of hydrogen-bond acceptors (Lipinski definition) is 4. The average Bonchev–Trinajstić information content (AvgIpc) is 3.31. The monoisotopic (exact) mass is 424 g/mol. The van der Waals surface area contributed by atoms with Crippen molar-refractivity contribution in [1.29, 1.82) is 5.26 Å². The van der Waals surface area contributed by atoms with Crippen LogP contribution in [0.1, 0.15) is 13.8 Å². The molecule has 0 radical (unpaired) electrons. The number of alkyl halides is 3. The van der Waals surface area contributed by atoms with Crippen molar-refractivity contribution in [3.63, 3.8) is 0 Å². The molecule has 0 fully saturated rings. The second kappa shape index (κ2) is 7.54. The van der Waals surface area contributed by atoms with E-state index in [0.717, 1.165) is 21.3 Å². The molecule has 4 aromatic heterocycles. The van der Waals surface area contributed by atoms with E-state index in [1.165, 1.54) is 12.4 Å². The Labute approximate surface area is 176 Å². The van der Waals surface area contributed by atoms with Crippen molar-refractivity contribution in [2.24, 2.45) is 5.41 Å². The van der Waals surface area contributed by atoms with Gasteiger partial charge in [-0.25, -0.2) is 4.98 Å². The molecule has 4 rings (SSSR count). The molecule has 158 valence electrons. The number of fused-ring (bicyclic) bond motifs is 1. The molecule has 0 amide bonds. The maximum atomic E-state index is 12.8. The number of nitrogens with zero attached hydrogens (tertiary/aromatic N) is 6. The summed E-state index contributed by atoms with van der Waals surface area (Å²) in [5, 5.41) is 14.2. The average molecular weight is 424 g/mol. The summed E-state index contributed by atoms with van der Waals surface area (Å²) in [7, 11) is 0. The molecule has 0 saturated heterocycles. The Balaban J connectivity index is 1.84. The van der Waals surface area contributed by atoms with Crippen LogP contribution in [0.2, 0.25) is 0 Å². The summed E-state index contributed by atoms with van der Waals surface area (Å²) in [5.74, 6) is 0. The molecule has 4 heterocycles. The minimum Gasteiger partial charge on any atom is -0.324 e. The fourth-order valence-corrected chi connectivity index (χ4v) is 3.42. The maximum absolute atomic E-state index is 12.8. The minimum absolute atomic E-state index is 0.322. The summed E-state index contributed by atoms with van der Waals surface area (Å²) in [5.41, 5.74) is 2.70. The molecule has 0 aromatic carbocycles. The molecule has 9 heteroatoms. The van der Waals surface area contributed by atoms with E-state index in [9.17, 15) is 18.4 Å². The van der Waals surface area contributed by atoms with Gasteiger partial charge < -0.3 is 4.57 Å². The Bertz CT molecular complexity index is 1260. The van der Waals surface area contributed by atoms with Gasteiger partial charge in [0.2, 0.25) is 0 Å². The molecule has 0 aliphatic heterocycles. The molecule has 31 heavy (non-hydrogen) atoms. The van der Waals surface area contributed by atoms with E-state index in [1.54, 1.807) is 26.2 Å². The van der Waals surface area contributed by atoms with E-state index < -0.39 is 18.1 Å². The second-order valence-corrected chi connectivity index (χ2v) is 8.00. The van der Waals surface area contributed by atoms with E-state index in [4.69, 9.17) is 0 Å². The smallest absolute Gasteiger partial charge is 0.324 e. The standard InChI is InChI=1S/C22H19F3N6/c1-21(2,12-26)13-31-19(17-10-29-30(11-17)14-22(23,24)25)8-15-7-16(9-28-20(15)31)18-5-3-4-6-27-18/h3-11H,13-14H2,1-2H3. The zero-order valence-corrected chi connectivity index (χ0v) is 16.9. The van der Waals surface area contributed by atoms with Crippen molar-refractivity contribution in [2.75, 3.05) is 0 Å². The van der Waals surface area contributed by atoms with Gasteiger partial charge in [-0.2, -0.15) is 23.5 Å². The SMILES string of the molecule is CC(C)(C#N)Cn1c(-c2cnn(CC(F)(F)F)c2)cc2cc(-c3ccccn3)cnc21. The summed E-state index contributed by atoms with van der Waals surface area (Å²) >= 11 is 0. The van der Waals surface area contributed by atoms with Crippen molar-refractivity contribution in [3.05, 3.63) is 55.1 Å².